The first kappa shape index (κ1) is 13.9. The summed E-state index contributed by atoms with van der Waals surface area (Å²) >= 11 is 12.1. The minimum atomic E-state index is 0.550. The van der Waals surface area contributed by atoms with Crippen molar-refractivity contribution in [3.05, 3.63) is 45.2 Å². The van der Waals surface area contributed by atoms with Crippen molar-refractivity contribution in [1.29, 1.82) is 0 Å². The van der Waals surface area contributed by atoms with Gasteiger partial charge in [-0.1, -0.05) is 23.2 Å². The Morgan fingerprint density at radius 3 is 2.65 bits per heavy atom. The van der Waals surface area contributed by atoms with E-state index in [0.29, 0.717) is 16.1 Å². The molecule has 0 spiro atoms. The van der Waals surface area contributed by atoms with E-state index < -0.39 is 0 Å². The van der Waals surface area contributed by atoms with Crippen LogP contribution in [-0.4, -0.2) is 15.8 Å². The fourth-order valence-corrected chi connectivity index (χ4v) is 2.63. The molecule has 0 bridgehead atoms. The van der Waals surface area contributed by atoms with Crippen molar-refractivity contribution in [3.63, 3.8) is 0 Å². The lowest BCUT2D eigenvalue weighted by molar-refractivity contribution is 0.682. The molecule has 1 heterocycles. The van der Waals surface area contributed by atoms with E-state index in [0.717, 1.165) is 23.6 Å². The lowest BCUT2D eigenvalue weighted by Gasteiger charge is -2.07. The van der Waals surface area contributed by atoms with Gasteiger partial charge in [0, 0.05) is 23.8 Å². The van der Waals surface area contributed by atoms with Crippen LogP contribution in [-0.2, 0) is 6.54 Å². The number of rotatable bonds is 4. The Morgan fingerprint density at radius 1 is 1.25 bits per heavy atom. The van der Waals surface area contributed by atoms with Crippen molar-refractivity contribution in [3.8, 4) is 5.69 Å². The second-order valence-electron chi connectivity index (χ2n) is 5.31. The van der Waals surface area contributed by atoms with Gasteiger partial charge in [0.25, 0.3) is 0 Å². The summed E-state index contributed by atoms with van der Waals surface area (Å²) in [6.07, 6.45) is 2.58. The number of aromatic nitrogens is 2. The van der Waals surface area contributed by atoms with E-state index in [2.05, 4.69) is 17.3 Å². The van der Waals surface area contributed by atoms with Crippen LogP contribution >= 0.6 is 23.2 Å². The summed E-state index contributed by atoms with van der Waals surface area (Å²) in [6, 6.07) is 6.28. The molecular formula is C15H17Cl2N3. The van der Waals surface area contributed by atoms with Crippen LogP contribution in [0, 0.1) is 13.8 Å². The second-order valence-corrected chi connectivity index (χ2v) is 6.13. The molecule has 2 aromatic rings. The first-order valence-electron chi connectivity index (χ1n) is 6.80. The highest BCUT2D eigenvalue weighted by molar-refractivity contribution is 6.42. The molecule has 1 aromatic heterocycles. The van der Waals surface area contributed by atoms with E-state index in [4.69, 9.17) is 23.2 Å². The van der Waals surface area contributed by atoms with Crippen LogP contribution in [0.25, 0.3) is 5.69 Å². The lowest BCUT2D eigenvalue weighted by Crippen LogP contribution is -2.16. The van der Waals surface area contributed by atoms with Crippen molar-refractivity contribution in [2.24, 2.45) is 0 Å². The molecule has 3 nitrogen and oxygen atoms in total. The van der Waals surface area contributed by atoms with Crippen LogP contribution in [0.15, 0.2) is 18.2 Å². The molecular weight excluding hydrogens is 293 g/mol. The third-order valence-corrected chi connectivity index (χ3v) is 4.47. The number of aryl methyl sites for hydroxylation is 1. The Kier molecular flexibility index (Phi) is 3.76. The first-order chi connectivity index (χ1) is 9.56. The van der Waals surface area contributed by atoms with E-state index in [1.807, 2.05) is 23.7 Å². The third-order valence-electron chi connectivity index (χ3n) is 3.73. The number of hydrogen-bond donors (Lipinski definition) is 1. The van der Waals surface area contributed by atoms with Crippen molar-refractivity contribution in [1.82, 2.24) is 15.1 Å². The maximum atomic E-state index is 6.09. The van der Waals surface area contributed by atoms with Gasteiger partial charge in [-0.15, -0.1) is 0 Å². The van der Waals surface area contributed by atoms with E-state index in [9.17, 15) is 0 Å². The molecule has 1 aromatic carbocycles. The van der Waals surface area contributed by atoms with Gasteiger partial charge in [-0.3, -0.25) is 0 Å². The van der Waals surface area contributed by atoms with Gasteiger partial charge in [-0.2, -0.15) is 5.10 Å². The smallest absolute Gasteiger partial charge is 0.0664 e. The zero-order valence-electron chi connectivity index (χ0n) is 11.6. The van der Waals surface area contributed by atoms with Gasteiger partial charge in [0.15, 0.2) is 0 Å². The summed E-state index contributed by atoms with van der Waals surface area (Å²) < 4.78 is 1.93. The van der Waals surface area contributed by atoms with Crippen molar-refractivity contribution < 1.29 is 0 Å². The number of nitrogens with zero attached hydrogens (tertiary/aromatic N) is 2. The SMILES string of the molecule is Cc1nn(-c2ccc(Cl)c(Cl)c2)c(C)c1CNC1CC1. The Bertz CT molecular complexity index is 645. The van der Waals surface area contributed by atoms with Crippen molar-refractivity contribution in [2.75, 3.05) is 0 Å². The predicted molar refractivity (Wildman–Crippen MR) is 82.9 cm³/mol. The van der Waals surface area contributed by atoms with E-state index in [1.54, 1.807) is 6.07 Å². The standard InChI is InChI=1S/C15H17Cl2N3/c1-9-13(8-18-11-3-4-11)10(2)20(19-9)12-5-6-14(16)15(17)7-12/h5-7,11,18H,3-4,8H2,1-2H3. The first-order valence-corrected chi connectivity index (χ1v) is 7.56. The quantitative estimate of drug-likeness (QED) is 0.923. The number of benzene rings is 1. The molecule has 0 amide bonds. The Balaban J connectivity index is 1.92. The lowest BCUT2D eigenvalue weighted by atomic mass is 10.2. The topological polar surface area (TPSA) is 29.9 Å². The monoisotopic (exact) mass is 309 g/mol. The summed E-state index contributed by atoms with van der Waals surface area (Å²) in [6.45, 7) is 5.01. The van der Waals surface area contributed by atoms with Crippen LogP contribution in [0.2, 0.25) is 10.0 Å². The van der Waals surface area contributed by atoms with Crippen molar-refractivity contribution in [2.45, 2.75) is 39.3 Å². The van der Waals surface area contributed by atoms with Gasteiger partial charge in [0.1, 0.15) is 0 Å². The third kappa shape index (κ3) is 2.71. The zero-order valence-corrected chi connectivity index (χ0v) is 13.1. The van der Waals surface area contributed by atoms with Gasteiger partial charge in [-0.05, 0) is 44.9 Å². The van der Waals surface area contributed by atoms with Gasteiger partial charge in [0.05, 0.1) is 21.4 Å². The molecule has 0 radical (unpaired) electrons. The highest BCUT2D eigenvalue weighted by Gasteiger charge is 2.22. The molecule has 1 N–H and O–H groups in total. The van der Waals surface area contributed by atoms with Crippen LogP contribution in [0.5, 0.6) is 0 Å². The molecule has 0 saturated heterocycles. The molecule has 0 aliphatic heterocycles. The molecule has 106 valence electrons. The molecule has 1 fully saturated rings. The van der Waals surface area contributed by atoms with Crippen LogP contribution in [0.4, 0.5) is 0 Å². The predicted octanol–water partition coefficient (Wildman–Crippen LogP) is 4.05. The summed E-state index contributed by atoms with van der Waals surface area (Å²) in [5.41, 5.74) is 4.41. The Labute approximate surface area is 128 Å². The summed E-state index contributed by atoms with van der Waals surface area (Å²) in [5.74, 6) is 0. The maximum Gasteiger partial charge on any atom is 0.0664 e. The van der Waals surface area contributed by atoms with Crippen molar-refractivity contribution >= 4 is 23.2 Å². The molecule has 3 rings (SSSR count). The molecule has 0 unspecified atom stereocenters. The summed E-state index contributed by atoms with van der Waals surface area (Å²) in [5, 5.41) is 9.28. The van der Waals surface area contributed by atoms with E-state index in [-0.39, 0.29) is 0 Å². The maximum absolute atomic E-state index is 6.09. The average Bonchev–Trinajstić information content (AvgIpc) is 3.19. The number of hydrogen-bond acceptors (Lipinski definition) is 2. The zero-order chi connectivity index (χ0) is 14.3. The Morgan fingerprint density at radius 2 is 2.00 bits per heavy atom. The fourth-order valence-electron chi connectivity index (χ4n) is 2.33. The summed E-state index contributed by atoms with van der Waals surface area (Å²) in [7, 11) is 0. The molecule has 1 saturated carbocycles. The van der Waals surface area contributed by atoms with E-state index >= 15 is 0 Å². The molecule has 1 aliphatic carbocycles. The minimum Gasteiger partial charge on any atom is -0.310 e. The van der Waals surface area contributed by atoms with E-state index in [1.165, 1.54) is 18.4 Å². The fraction of sp³-hybridized carbons (Fsp3) is 0.400. The van der Waals surface area contributed by atoms with Gasteiger partial charge in [0.2, 0.25) is 0 Å². The largest absolute Gasteiger partial charge is 0.310 e. The van der Waals surface area contributed by atoms with Crippen LogP contribution in [0.3, 0.4) is 0 Å². The minimum absolute atomic E-state index is 0.550. The number of halogens is 2. The summed E-state index contributed by atoms with van der Waals surface area (Å²) in [4.78, 5) is 0. The number of nitrogens with one attached hydrogen (secondary N) is 1. The van der Waals surface area contributed by atoms with Crippen LogP contribution < -0.4 is 5.32 Å². The van der Waals surface area contributed by atoms with Gasteiger partial charge in [-0.25, -0.2) is 4.68 Å². The molecule has 5 heteroatoms. The highest BCUT2D eigenvalue weighted by Crippen LogP contribution is 2.26. The van der Waals surface area contributed by atoms with Gasteiger partial charge < -0.3 is 5.32 Å². The van der Waals surface area contributed by atoms with Crippen LogP contribution in [0.1, 0.15) is 29.8 Å². The molecule has 1 aliphatic rings. The Hall–Kier alpha value is -1.03. The highest BCUT2D eigenvalue weighted by atomic mass is 35.5. The normalized spacial score (nSPS) is 14.8. The van der Waals surface area contributed by atoms with Gasteiger partial charge >= 0.3 is 0 Å². The molecule has 0 atom stereocenters. The molecule has 20 heavy (non-hydrogen) atoms. The second kappa shape index (κ2) is 5.40. The average molecular weight is 310 g/mol.